The van der Waals surface area contributed by atoms with Gasteiger partial charge in [0.05, 0.1) is 28.6 Å². The molecule has 0 radical (unpaired) electrons. The molecule has 2 aliphatic rings. The fraction of sp³-hybridized carbons (Fsp3) is 0.364. The monoisotopic (exact) mass is 320 g/mol. The zero-order valence-corrected chi connectivity index (χ0v) is 12.0. The van der Waals surface area contributed by atoms with Crippen LogP contribution in [0.5, 0.6) is 0 Å². The summed E-state index contributed by atoms with van der Waals surface area (Å²) in [5.41, 5.74) is 0.605. The third-order valence-corrected chi connectivity index (χ3v) is 5.68. The molecule has 4 nitrogen and oxygen atoms in total. The second-order valence-corrected chi connectivity index (χ2v) is 7.62. The van der Waals surface area contributed by atoms with Gasteiger partial charge in [0.1, 0.15) is 5.82 Å². The van der Waals surface area contributed by atoms with Gasteiger partial charge in [-0.3, -0.25) is 0 Å². The fourth-order valence-corrected chi connectivity index (χ4v) is 5.00. The highest BCUT2D eigenvalue weighted by molar-refractivity contribution is 7.91. The number of rotatable bonds is 1. The average Bonchev–Trinajstić information content (AvgIpc) is 2.73. The molecule has 0 aromatic heterocycles. The molecular weight excluding hydrogens is 311 g/mol. The summed E-state index contributed by atoms with van der Waals surface area (Å²) in [6, 6.07) is 3.79. The molecule has 8 heteroatoms. The van der Waals surface area contributed by atoms with E-state index in [1.54, 1.807) is 11.0 Å². The molecule has 2 fully saturated rings. The summed E-state index contributed by atoms with van der Waals surface area (Å²) >= 11 is 11.0. The summed E-state index contributed by atoms with van der Waals surface area (Å²) in [5.74, 6) is -0.401. The van der Waals surface area contributed by atoms with E-state index >= 15 is 0 Å². The molecule has 1 N–H and O–H groups in total. The Morgan fingerprint density at radius 1 is 1.42 bits per heavy atom. The normalized spacial score (nSPS) is 28.3. The molecule has 1 aromatic rings. The second kappa shape index (κ2) is 4.29. The molecule has 0 bridgehead atoms. The van der Waals surface area contributed by atoms with Crippen LogP contribution in [0.2, 0.25) is 5.02 Å². The first kappa shape index (κ1) is 13.1. The Labute approximate surface area is 120 Å². The molecular formula is C11H10ClFN2O2S2. The number of hydrogen-bond donors (Lipinski definition) is 1. The number of fused-ring (bicyclic) bond motifs is 1. The van der Waals surface area contributed by atoms with Crippen LogP contribution in [0.25, 0.3) is 0 Å². The van der Waals surface area contributed by atoms with E-state index < -0.39 is 15.7 Å². The lowest BCUT2D eigenvalue weighted by Gasteiger charge is -2.23. The minimum absolute atomic E-state index is 0.00963. The van der Waals surface area contributed by atoms with Gasteiger partial charge in [-0.15, -0.1) is 0 Å². The van der Waals surface area contributed by atoms with Gasteiger partial charge in [0.15, 0.2) is 14.9 Å². The maximum Gasteiger partial charge on any atom is 0.174 e. The van der Waals surface area contributed by atoms with Gasteiger partial charge in [-0.25, -0.2) is 12.8 Å². The van der Waals surface area contributed by atoms with Crippen molar-refractivity contribution in [3.05, 3.63) is 29.0 Å². The zero-order valence-electron chi connectivity index (χ0n) is 9.64. The minimum Gasteiger partial charge on any atom is -0.356 e. The smallest absolute Gasteiger partial charge is 0.174 e. The van der Waals surface area contributed by atoms with E-state index in [9.17, 15) is 12.8 Å². The SMILES string of the molecule is O=S1(=O)C[C@@H]2NC(=S)N(c3ccc(F)c(Cl)c3)[C@@H]2C1. The number of halogens is 2. The second-order valence-electron chi connectivity index (χ2n) is 4.67. The van der Waals surface area contributed by atoms with Crippen LogP contribution in [0.15, 0.2) is 18.2 Å². The topological polar surface area (TPSA) is 49.4 Å². The van der Waals surface area contributed by atoms with Crippen LogP contribution in [-0.4, -0.2) is 37.1 Å². The molecule has 3 rings (SSSR count). The third kappa shape index (κ3) is 2.19. The molecule has 2 aliphatic heterocycles. The van der Waals surface area contributed by atoms with Gasteiger partial charge in [-0.1, -0.05) is 11.6 Å². The molecule has 0 spiro atoms. The van der Waals surface area contributed by atoms with Crippen molar-refractivity contribution >= 4 is 44.5 Å². The van der Waals surface area contributed by atoms with Crippen molar-refractivity contribution in [1.82, 2.24) is 5.32 Å². The lowest BCUT2D eigenvalue weighted by atomic mass is 10.1. The van der Waals surface area contributed by atoms with Crippen LogP contribution < -0.4 is 10.2 Å². The summed E-state index contributed by atoms with van der Waals surface area (Å²) < 4.78 is 36.5. The van der Waals surface area contributed by atoms with Gasteiger partial charge in [-0.05, 0) is 30.4 Å². The fourth-order valence-electron chi connectivity index (χ4n) is 2.54. The molecule has 0 unspecified atom stereocenters. The van der Waals surface area contributed by atoms with E-state index in [1.807, 2.05) is 0 Å². The van der Waals surface area contributed by atoms with Crippen LogP contribution in [0, 0.1) is 5.82 Å². The predicted octanol–water partition coefficient (Wildman–Crippen LogP) is 1.34. The Hall–Kier alpha value is -0.920. The number of nitrogens with zero attached hydrogens (tertiary/aromatic N) is 1. The number of thiocarbonyl (C=S) groups is 1. The highest BCUT2D eigenvalue weighted by Gasteiger charge is 2.47. The molecule has 2 atom stereocenters. The Kier molecular flexibility index (Phi) is 2.95. The van der Waals surface area contributed by atoms with Crippen LogP contribution in [0.3, 0.4) is 0 Å². The Bertz CT molecular complexity index is 665. The van der Waals surface area contributed by atoms with Crippen molar-refractivity contribution in [3.63, 3.8) is 0 Å². The van der Waals surface area contributed by atoms with Crippen LogP contribution in [0.1, 0.15) is 0 Å². The maximum atomic E-state index is 13.2. The Morgan fingerprint density at radius 3 is 2.84 bits per heavy atom. The van der Waals surface area contributed by atoms with Gasteiger partial charge in [0.2, 0.25) is 0 Å². The molecule has 0 saturated carbocycles. The van der Waals surface area contributed by atoms with E-state index in [0.717, 1.165) is 0 Å². The molecule has 102 valence electrons. The van der Waals surface area contributed by atoms with Gasteiger partial charge in [0, 0.05) is 5.69 Å². The number of hydrogen-bond acceptors (Lipinski definition) is 3. The summed E-state index contributed by atoms with van der Waals surface area (Å²) in [5, 5.41) is 3.44. The molecule has 2 saturated heterocycles. The summed E-state index contributed by atoms with van der Waals surface area (Å²) in [7, 11) is -3.06. The highest BCUT2D eigenvalue weighted by atomic mass is 35.5. The summed E-state index contributed by atoms with van der Waals surface area (Å²) in [4.78, 5) is 1.70. The Balaban J connectivity index is 1.99. The molecule has 19 heavy (non-hydrogen) atoms. The number of sulfone groups is 1. The van der Waals surface area contributed by atoms with E-state index in [4.69, 9.17) is 23.8 Å². The van der Waals surface area contributed by atoms with Crippen molar-refractivity contribution in [2.24, 2.45) is 0 Å². The molecule has 0 amide bonds. The first-order chi connectivity index (χ1) is 8.87. The average molecular weight is 321 g/mol. The predicted molar refractivity (Wildman–Crippen MR) is 75.9 cm³/mol. The van der Waals surface area contributed by atoms with Gasteiger partial charge in [-0.2, -0.15) is 0 Å². The quantitative estimate of drug-likeness (QED) is 0.791. The molecule has 2 heterocycles. The van der Waals surface area contributed by atoms with E-state index in [-0.39, 0.29) is 28.6 Å². The van der Waals surface area contributed by atoms with Gasteiger partial charge < -0.3 is 10.2 Å². The highest BCUT2D eigenvalue weighted by Crippen LogP contribution is 2.31. The van der Waals surface area contributed by atoms with E-state index in [1.165, 1.54) is 12.1 Å². The summed E-state index contributed by atoms with van der Waals surface area (Å²) in [6.07, 6.45) is 0. The lowest BCUT2D eigenvalue weighted by molar-refractivity contribution is 0.600. The largest absolute Gasteiger partial charge is 0.356 e. The number of benzene rings is 1. The molecule has 1 aromatic carbocycles. The summed E-state index contributed by atoms with van der Waals surface area (Å²) in [6.45, 7) is 0. The van der Waals surface area contributed by atoms with Crippen molar-refractivity contribution in [2.45, 2.75) is 12.1 Å². The number of nitrogens with one attached hydrogen (secondary N) is 1. The number of anilines is 1. The van der Waals surface area contributed by atoms with Gasteiger partial charge in [0.25, 0.3) is 0 Å². The van der Waals surface area contributed by atoms with Crippen molar-refractivity contribution in [1.29, 1.82) is 0 Å². The lowest BCUT2D eigenvalue weighted by Crippen LogP contribution is -2.36. The van der Waals surface area contributed by atoms with Crippen LogP contribution in [-0.2, 0) is 9.84 Å². The zero-order chi connectivity index (χ0) is 13.8. The first-order valence-electron chi connectivity index (χ1n) is 5.62. The molecule has 0 aliphatic carbocycles. The minimum atomic E-state index is -3.06. The van der Waals surface area contributed by atoms with Crippen molar-refractivity contribution in [3.8, 4) is 0 Å². The standard InChI is InChI=1S/C11H10ClFN2O2S2/c12-7-3-6(1-2-8(7)13)15-10-5-19(16,17)4-9(10)14-11(15)18/h1-3,9-10H,4-5H2,(H,14,18)/t9-,10+/m0/s1. The van der Waals surface area contributed by atoms with Gasteiger partial charge >= 0.3 is 0 Å². The van der Waals surface area contributed by atoms with Crippen LogP contribution >= 0.6 is 23.8 Å². The third-order valence-electron chi connectivity index (χ3n) is 3.36. The Morgan fingerprint density at radius 2 is 2.16 bits per heavy atom. The van der Waals surface area contributed by atoms with E-state index in [0.29, 0.717) is 10.8 Å². The maximum absolute atomic E-state index is 13.2. The van der Waals surface area contributed by atoms with Crippen molar-refractivity contribution in [2.75, 3.05) is 16.4 Å². The van der Waals surface area contributed by atoms with Crippen molar-refractivity contribution < 1.29 is 12.8 Å². The van der Waals surface area contributed by atoms with E-state index in [2.05, 4.69) is 5.32 Å². The van der Waals surface area contributed by atoms with Crippen LogP contribution in [0.4, 0.5) is 10.1 Å². The first-order valence-corrected chi connectivity index (χ1v) is 8.23.